The highest BCUT2D eigenvalue weighted by Gasteiger charge is 2.41. The molecule has 10 nitrogen and oxygen atoms in total. The van der Waals surface area contributed by atoms with E-state index in [2.05, 4.69) is 10.3 Å². The molecule has 0 saturated carbocycles. The number of likely N-dealkylation sites (tertiary alicyclic amines) is 1. The van der Waals surface area contributed by atoms with Crippen LogP contribution in [0.15, 0.2) is 47.4 Å². The predicted octanol–water partition coefficient (Wildman–Crippen LogP) is 4.88. The van der Waals surface area contributed by atoms with Crippen LogP contribution in [0.1, 0.15) is 43.4 Å². The molecular weight excluding hydrogens is 684 g/mol. The van der Waals surface area contributed by atoms with Crippen molar-refractivity contribution >= 4 is 80.8 Å². The first-order chi connectivity index (χ1) is 20.6. The number of piperidine rings is 1. The third kappa shape index (κ3) is 8.13. The molecule has 3 N–H and O–H groups in total. The van der Waals surface area contributed by atoms with Crippen LogP contribution in [-0.2, 0) is 26.2 Å². The van der Waals surface area contributed by atoms with Crippen LogP contribution < -0.4 is 15.8 Å². The van der Waals surface area contributed by atoms with Gasteiger partial charge >= 0.3 is 0 Å². The van der Waals surface area contributed by atoms with Crippen LogP contribution in [0.2, 0.25) is 10.0 Å². The van der Waals surface area contributed by atoms with Gasteiger partial charge in [0, 0.05) is 60.3 Å². The lowest BCUT2D eigenvalue weighted by atomic mass is 10.0. The second-order valence-corrected chi connectivity index (χ2v) is 13.5. The van der Waals surface area contributed by atoms with Crippen molar-refractivity contribution < 1.29 is 22.7 Å². The molecule has 0 radical (unpaired) electrons. The van der Waals surface area contributed by atoms with E-state index in [0.717, 1.165) is 11.1 Å². The minimum absolute atomic E-state index is 0. The summed E-state index contributed by atoms with van der Waals surface area (Å²) in [6, 6.07) is 11.3. The number of nitrogens with one attached hydrogen (secondary N) is 1. The average Bonchev–Trinajstić information content (AvgIpc) is 3.49. The van der Waals surface area contributed by atoms with Gasteiger partial charge in [-0.25, -0.2) is 13.4 Å². The van der Waals surface area contributed by atoms with Crippen LogP contribution in [-0.4, -0.2) is 72.7 Å². The van der Waals surface area contributed by atoms with E-state index in [1.54, 1.807) is 11.0 Å². The number of ether oxygens (including phenoxy) is 1. The third-order valence-electron chi connectivity index (χ3n) is 7.99. The van der Waals surface area contributed by atoms with Gasteiger partial charge in [-0.15, -0.1) is 24.8 Å². The number of aryl methyl sites for hydroxylation is 1. The molecule has 2 aliphatic rings. The zero-order valence-electron chi connectivity index (χ0n) is 24.7. The van der Waals surface area contributed by atoms with Crippen LogP contribution in [0.4, 0.5) is 0 Å². The fraction of sp³-hybridized carbons (Fsp3) is 0.433. The number of aromatic nitrogens is 1. The van der Waals surface area contributed by atoms with Crippen molar-refractivity contribution in [3.63, 3.8) is 0 Å². The van der Waals surface area contributed by atoms with E-state index in [1.165, 1.54) is 16.4 Å². The summed E-state index contributed by atoms with van der Waals surface area (Å²) in [4.78, 5) is 31.6. The highest BCUT2D eigenvalue weighted by molar-refractivity contribution is 7.89. The lowest BCUT2D eigenvalue weighted by Gasteiger charge is -2.33. The average molecular weight is 722 g/mol. The Morgan fingerprint density at radius 1 is 1.04 bits per heavy atom. The molecule has 3 aromatic rings. The van der Waals surface area contributed by atoms with Crippen molar-refractivity contribution in [1.29, 1.82) is 0 Å². The van der Waals surface area contributed by atoms with Gasteiger partial charge in [0.05, 0.1) is 5.02 Å². The standard InChI is InChI=1S/C30H35Cl2N5O5S.2ClH/c1-19-7-8-20-4-2-6-25(29(20)34-19)42-18-22-23(31)9-10-26(28(22)32)43(40,41)37-15-3-5-24(37)30(39)35-21-12-16-36(17-13-21)27(38)11-14-33;;/h2,4,6-10,21,24H,3,5,11-18,33H2,1H3,(H,35,39);2*1H/t24-;;/m0../s1. The first-order valence-corrected chi connectivity index (χ1v) is 16.6. The third-order valence-corrected chi connectivity index (χ3v) is 10.8. The number of para-hydroxylation sites is 1. The summed E-state index contributed by atoms with van der Waals surface area (Å²) >= 11 is 13.2. The van der Waals surface area contributed by atoms with Gasteiger partial charge in [0.1, 0.15) is 28.8 Å². The number of fused-ring (bicyclic) bond motifs is 1. The minimum Gasteiger partial charge on any atom is -0.487 e. The van der Waals surface area contributed by atoms with E-state index in [0.29, 0.717) is 68.6 Å². The second kappa shape index (κ2) is 15.9. The predicted molar refractivity (Wildman–Crippen MR) is 180 cm³/mol. The second-order valence-electron chi connectivity index (χ2n) is 10.9. The SMILES string of the molecule is Cc1ccc2cccc(OCc3c(Cl)ccc(S(=O)(=O)N4CCC[C@H]4C(=O)NC4CCN(C(=O)CCN)CC4)c3Cl)c2n1.Cl.Cl. The number of amides is 2. The van der Waals surface area contributed by atoms with Gasteiger partial charge in [-0.05, 0) is 56.9 Å². The minimum atomic E-state index is -4.14. The summed E-state index contributed by atoms with van der Waals surface area (Å²) < 4.78 is 35.1. The van der Waals surface area contributed by atoms with Gasteiger partial charge in [0.2, 0.25) is 21.8 Å². The molecule has 246 valence electrons. The molecule has 0 bridgehead atoms. The molecule has 2 saturated heterocycles. The Morgan fingerprint density at radius 2 is 1.78 bits per heavy atom. The van der Waals surface area contributed by atoms with Crippen LogP contribution in [0.3, 0.4) is 0 Å². The van der Waals surface area contributed by atoms with Gasteiger partial charge in [0.25, 0.3) is 0 Å². The molecule has 0 spiro atoms. The Morgan fingerprint density at radius 3 is 2.49 bits per heavy atom. The van der Waals surface area contributed by atoms with Crippen LogP contribution in [0, 0.1) is 6.92 Å². The van der Waals surface area contributed by atoms with E-state index in [4.69, 9.17) is 33.7 Å². The quantitative estimate of drug-likeness (QED) is 0.322. The zero-order chi connectivity index (χ0) is 30.7. The van der Waals surface area contributed by atoms with E-state index in [1.807, 2.05) is 31.2 Å². The molecule has 0 unspecified atom stereocenters. The van der Waals surface area contributed by atoms with Crippen molar-refractivity contribution in [2.24, 2.45) is 5.73 Å². The van der Waals surface area contributed by atoms with Crippen molar-refractivity contribution in [2.75, 3.05) is 26.2 Å². The maximum absolute atomic E-state index is 13.9. The molecule has 2 aliphatic heterocycles. The maximum atomic E-state index is 13.9. The monoisotopic (exact) mass is 719 g/mol. The number of pyridine rings is 1. The van der Waals surface area contributed by atoms with Gasteiger partial charge in [-0.2, -0.15) is 4.31 Å². The smallest absolute Gasteiger partial charge is 0.245 e. The van der Waals surface area contributed by atoms with E-state index in [-0.39, 0.29) is 70.8 Å². The van der Waals surface area contributed by atoms with Crippen molar-refractivity contribution in [1.82, 2.24) is 19.5 Å². The topological polar surface area (TPSA) is 135 Å². The Labute approximate surface area is 285 Å². The van der Waals surface area contributed by atoms with Gasteiger partial charge < -0.3 is 20.7 Å². The highest BCUT2D eigenvalue weighted by Crippen LogP contribution is 2.36. The summed E-state index contributed by atoms with van der Waals surface area (Å²) in [5.41, 5.74) is 7.33. The summed E-state index contributed by atoms with van der Waals surface area (Å²) in [5, 5.41) is 4.13. The maximum Gasteiger partial charge on any atom is 0.245 e. The van der Waals surface area contributed by atoms with Crippen molar-refractivity contribution in [3.05, 3.63) is 63.8 Å². The van der Waals surface area contributed by atoms with Gasteiger partial charge in [0.15, 0.2) is 0 Å². The fourth-order valence-electron chi connectivity index (χ4n) is 5.66. The van der Waals surface area contributed by atoms with E-state index < -0.39 is 16.1 Å². The Hall–Kier alpha value is -2.38. The molecular formula is C30H37Cl4N5O5S. The summed E-state index contributed by atoms with van der Waals surface area (Å²) in [5.74, 6) is 0.182. The number of nitrogens with zero attached hydrogens (tertiary/aromatic N) is 3. The van der Waals surface area contributed by atoms with Crippen molar-refractivity contribution in [3.8, 4) is 5.75 Å². The summed E-state index contributed by atoms with van der Waals surface area (Å²) in [7, 11) is -4.14. The Bertz CT molecular complexity index is 1640. The normalized spacial score (nSPS) is 17.4. The highest BCUT2D eigenvalue weighted by atomic mass is 35.5. The number of hydrogen-bond donors (Lipinski definition) is 2. The number of carbonyl (C=O) groups is 2. The molecule has 0 aliphatic carbocycles. The summed E-state index contributed by atoms with van der Waals surface area (Å²) in [6.07, 6.45) is 2.43. The van der Waals surface area contributed by atoms with Gasteiger partial charge in [-0.3, -0.25) is 9.59 Å². The molecule has 2 fully saturated rings. The number of halogens is 4. The number of carbonyl (C=O) groups excluding carboxylic acids is 2. The Kier molecular flexibility index (Phi) is 13.1. The lowest BCUT2D eigenvalue weighted by Crippen LogP contribution is -2.52. The van der Waals surface area contributed by atoms with Crippen LogP contribution >= 0.6 is 48.0 Å². The molecule has 1 atom stereocenters. The van der Waals surface area contributed by atoms with E-state index in [9.17, 15) is 18.0 Å². The first-order valence-electron chi connectivity index (χ1n) is 14.4. The molecule has 2 aromatic carbocycles. The molecule has 45 heavy (non-hydrogen) atoms. The first kappa shape index (κ1) is 37.1. The van der Waals surface area contributed by atoms with Crippen molar-refractivity contribution in [2.45, 2.75) is 62.6 Å². The number of nitrogens with two attached hydrogens (primary N) is 1. The number of hydrogen-bond acceptors (Lipinski definition) is 7. The largest absolute Gasteiger partial charge is 0.487 e. The molecule has 3 heterocycles. The Balaban J connectivity index is 0.00000276. The van der Waals surface area contributed by atoms with E-state index >= 15 is 0 Å². The van der Waals surface area contributed by atoms with Crippen LogP contribution in [0.5, 0.6) is 5.75 Å². The fourth-order valence-corrected chi connectivity index (χ4v) is 8.18. The van der Waals surface area contributed by atoms with Crippen LogP contribution in [0.25, 0.3) is 10.9 Å². The number of sulfonamides is 1. The molecule has 5 rings (SSSR count). The molecule has 1 aromatic heterocycles. The van der Waals surface area contributed by atoms with Gasteiger partial charge in [-0.1, -0.05) is 41.4 Å². The summed E-state index contributed by atoms with van der Waals surface area (Å²) in [6.45, 7) is 3.35. The molecule has 2 amide bonds. The molecule has 15 heteroatoms. The number of benzene rings is 2. The zero-order valence-corrected chi connectivity index (χ0v) is 28.7. The number of rotatable bonds is 9. The lowest BCUT2D eigenvalue weighted by molar-refractivity contribution is -0.132.